The molecular weight excluding hydrogens is 270 g/mol. The number of aliphatic carboxylic acids is 1. The molecular formula is C16H21NO4. The standard InChI is InChI=1S/C16H21NO4/c18-15(17-10-4-6-13(12-17)16(19)20)9-5-11-21-14-7-2-1-3-8-14/h1-3,7-8,13H,4-6,9-12H2,(H,19,20)/t13-/m1/s1. The molecule has 0 radical (unpaired) electrons. The number of rotatable bonds is 6. The summed E-state index contributed by atoms with van der Waals surface area (Å²) in [4.78, 5) is 24.7. The number of nitrogens with zero attached hydrogens (tertiary/aromatic N) is 1. The summed E-state index contributed by atoms with van der Waals surface area (Å²) in [5.74, 6) is -0.394. The number of carboxylic acid groups (broad SMARTS) is 1. The monoisotopic (exact) mass is 291 g/mol. The summed E-state index contributed by atoms with van der Waals surface area (Å²) in [6.45, 7) is 1.50. The topological polar surface area (TPSA) is 66.8 Å². The molecule has 1 aliphatic rings. The molecule has 0 aromatic heterocycles. The fraction of sp³-hybridized carbons (Fsp3) is 0.500. The van der Waals surface area contributed by atoms with E-state index < -0.39 is 11.9 Å². The van der Waals surface area contributed by atoms with Gasteiger partial charge in [0.1, 0.15) is 5.75 Å². The second kappa shape index (κ2) is 7.67. The van der Waals surface area contributed by atoms with Gasteiger partial charge in [0.05, 0.1) is 12.5 Å². The maximum absolute atomic E-state index is 12.1. The lowest BCUT2D eigenvalue weighted by molar-refractivity contribution is -0.145. The fourth-order valence-electron chi connectivity index (χ4n) is 2.49. The highest BCUT2D eigenvalue weighted by Crippen LogP contribution is 2.17. The van der Waals surface area contributed by atoms with Crippen LogP contribution in [0.2, 0.25) is 0 Å². The van der Waals surface area contributed by atoms with Gasteiger partial charge in [-0.25, -0.2) is 0 Å². The number of benzene rings is 1. The molecule has 5 heteroatoms. The summed E-state index contributed by atoms with van der Waals surface area (Å²) < 4.78 is 5.54. The van der Waals surface area contributed by atoms with E-state index in [4.69, 9.17) is 9.84 Å². The van der Waals surface area contributed by atoms with Crippen molar-refractivity contribution in [2.45, 2.75) is 25.7 Å². The second-order valence-electron chi connectivity index (χ2n) is 5.28. The van der Waals surface area contributed by atoms with Crippen molar-refractivity contribution in [2.24, 2.45) is 5.92 Å². The molecule has 0 aliphatic carbocycles. The van der Waals surface area contributed by atoms with Gasteiger partial charge < -0.3 is 14.7 Å². The van der Waals surface area contributed by atoms with Crippen LogP contribution in [-0.4, -0.2) is 41.6 Å². The first kappa shape index (κ1) is 15.4. The Morgan fingerprint density at radius 2 is 2.05 bits per heavy atom. The zero-order valence-electron chi connectivity index (χ0n) is 12.0. The van der Waals surface area contributed by atoms with Gasteiger partial charge in [0.15, 0.2) is 0 Å². The number of para-hydroxylation sites is 1. The van der Waals surface area contributed by atoms with E-state index in [1.54, 1.807) is 4.90 Å². The molecule has 0 bridgehead atoms. The fourth-order valence-corrected chi connectivity index (χ4v) is 2.49. The Balaban J connectivity index is 1.68. The minimum atomic E-state index is -0.806. The summed E-state index contributed by atoms with van der Waals surface area (Å²) in [5.41, 5.74) is 0. The van der Waals surface area contributed by atoms with E-state index >= 15 is 0 Å². The Hall–Kier alpha value is -2.04. The molecule has 1 aromatic rings. The normalized spacial score (nSPS) is 18.3. The lowest BCUT2D eigenvalue weighted by Crippen LogP contribution is -2.42. The summed E-state index contributed by atoms with van der Waals surface area (Å²) in [5, 5.41) is 9.02. The van der Waals surface area contributed by atoms with Gasteiger partial charge in [-0.1, -0.05) is 18.2 Å². The van der Waals surface area contributed by atoms with Crippen LogP contribution in [0.15, 0.2) is 30.3 Å². The van der Waals surface area contributed by atoms with Crippen molar-refractivity contribution in [3.8, 4) is 5.75 Å². The quantitative estimate of drug-likeness (QED) is 0.816. The maximum Gasteiger partial charge on any atom is 0.308 e. The molecule has 1 saturated heterocycles. The zero-order valence-corrected chi connectivity index (χ0v) is 12.0. The number of hydrogen-bond donors (Lipinski definition) is 1. The molecule has 1 heterocycles. The van der Waals surface area contributed by atoms with Crippen molar-refractivity contribution in [1.82, 2.24) is 4.90 Å². The number of carbonyl (C=O) groups excluding carboxylic acids is 1. The van der Waals surface area contributed by atoms with Gasteiger partial charge in [0.25, 0.3) is 0 Å². The van der Waals surface area contributed by atoms with Gasteiger partial charge in [-0.15, -0.1) is 0 Å². The second-order valence-corrected chi connectivity index (χ2v) is 5.28. The summed E-state index contributed by atoms with van der Waals surface area (Å²) in [6.07, 6.45) is 2.47. The maximum atomic E-state index is 12.1. The third kappa shape index (κ3) is 4.77. The van der Waals surface area contributed by atoms with Crippen LogP contribution in [0.25, 0.3) is 0 Å². The van der Waals surface area contributed by atoms with Crippen molar-refractivity contribution < 1.29 is 19.4 Å². The van der Waals surface area contributed by atoms with E-state index in [0.717, 1.165) is 12.2 Å². The van der Waals surface area contributed by atoms with Crippen LogP contribution in [-0.2, 0) is 9.59 Å². The van der Waals surface area contributed by atoms with Gasteiger partial charge in [-0.2, -0.15) is 0 Å². The van der Waals surface area contributed by atoms with Crippen LogP contribution in [0.4, 0.5) is 0 Å². The smallest absolute Gasteiger partial charge is 0.308 e. The van der Waals surface area contributed by atoms with E-state index in [2.05, 4.69) is 0 Å². The third-order valence-corrected chi connectivity index (χ3v) is 3.67. The molecule has 5 nitrogen and oxygen atoms in total. The number of carbonyl (C=O) groups is 2. The molecule has 21 heavy (non-hydrogen) atoms. The minimum Gasteiger partial charge on any atom is -0.494 e. The molecule has 1 aromatic carbocycles. The van der Waals surface area contributed by atoms with Gasteiger partial charge >= 0.3 is 5.97 Å². The first-order valence-electron chi connectivity index (χ1n) is 7.35. The number of piperidine rings is 1. The Morgan fingerprint density at radius 3 is 2.76 bits per heavy atom. The SMILES string of the molecule is O=C(O)[C@@H]1CCCN(C(=O)CCCOc2ccccc2)C1. The van der Waals surface area contributed by atoms with Crippen molar-refractivity contribution in [3.63, 3.8) is 0 Å². The predicted molar refractivity (Wildman–Crippen MR) is 78.1 cm³/mol. The number of amides is 1. The molecule has 1 fully saturated rings. The van der Waals surface area contributed by atoms with E-state index in [-0.39, 0.29) is 5.91 Å². The van der Waals surface area contributed by atoms with E-state index in [0.29, 0.717) is 39.0 Å². The lowest BCUT2D eigenvalue weighted by Gasteiger charge is -2.30. The van der Waals surface area contributed by atoms with Gasteiger partial charge in [-0.05, 0) is 31.4 Å². The summed E-state index contributed by atoms with van der Waals surface area (Å²) in [6, 6.07) is 9.49. The highest BCUT2D eigenvalue weighted by Gasteiger charge is 2.27. The summed E-state index contributed by atoms with van der Waals surface area (Å²) in [7, 11) is 0. The van der Waals surface area contributed by atoms with Crippen LogP contribution in [0.1, 0.15) is 25.7 Å². The first-order valence-corrected chi connectivity index (χ1v) is 7.35. The van der Waals surface area contributed by atoms with Crippen LogP contribution in [0.5, 0.6) is 5.75 Å². The van der Waals surface area contributed by atoms with E-state index in [1.165, 1.54) is 0 Å². The van der Waals surface area contributed by atoms with Crippen LogP contribution in [0.3, 0.4) is 0 Å². The Labute approximate surface area is 124 Å². The lowest BCUT2D eigenvalue weighted by atomic mass is 9.98. The van der Waals surface area contributed by atoms with E-state index in [9.17, 15) is 9.59 Å². The van der Waals surface area contributed by atoms with Crippen molar-refractivity contribution in [2.75, 3.05) is 19.7 Å². The highest BCUT2D eigenvalue weighted by molar-refractivity contribution is 5.78. The minimum absolute atomic E-state index is 0.0256. The molecule has 0 spiro atoms. The van der Waals surface area contributed by atoms with Crippen molar-refractivity contribution in [1.29, 1.82) is 0 Å². The van der Waals surface area contributed by atoms with Gasteiger partial charge in [0.2, 0.25) is 5.91 Å². The number of likely N-dealkylation sites (tertiary alicyclic amines) is 1. The Kier molecular flexibility index (Phi) is 5.60. The number of ether oxygens (including phenoxy) is 1. The van der Waals surface area contributed by atoms with Gasteiger partial charge in [0, 0.05) is 19.5 Å². The average Bonchev–Trinajstić information content (AvgIpc) is 2.52. The Morgan fingerprint density at radius 1 is 1.29 bits per heavy atom. The van der Waals surface area contributed by atoms with Crippen molar-refractivity contribution in [3.05, 3.63) is 30.3 Å². The first-order chi connectivity index (χ1) is 10.2. The van der Waals surface area contributed by atoms with Crippen LogP contribution in [0, 0.1) is 5.92 Å². The molecule has 0 saturated carbocycles. The summed E-state index contributed by atoms with van der Waals surface area (Å²) >= 11 is 0. The van der Waals surface area contributed by atoms with Crippen LogP contribution < -0.4 is 4.74 Å². The van der Waals surface area contributed by atoms with E-state index in [1.807, 2.05) is 30.3 Å². The molecule has 1 atom stereocenters. The molecule has 1 N–H and O–H groups in total. The number of carboxylic acids is 1. The average molecular weight is 291 g/mol. The molecule has 1 amide bonds. The Bertz CT molecular complexity index is 474. The molecule has 1 aliphatic heterocycles. The van der Waals surface area contributed by atoms with Crippen molar-refractivity contribution >= 4 is 11.9 Å². The predicted octanol–water partition coefficient (Wildman–Crippen LogP) is 2.17. The molecule has 114 valence electrons. The van der Waals surface area contributed by atoms with Crippen LogP contribution >= 0.6 is 0 Å². The zero-order chi connectivity index (χ0) is 15.1. The number of hydrogen-bond acceptors (Lipinski definition) is 3. The molecule has 0 unspecified atom stereocenters. The molecule has 2 rings (SSSR count). The largest absolute Gasteiger partial charge is 0.494 e. The third-order valence-electron chi connectivity index (χ3n) is 3.67. The van der Waals surface area contributed by atoms with Gasteiger partial charge in [-0.3, -0.25) is 9.59 Å². The highest BCUT2D eigenvalue weighted by atomic mass is 16.5.